The predicted molar refractivity (Wildman–Crippen MR) is 85.7 cm³/mol. The Labute approximate surface area is 124 Å². The zero-order valence-corrected chi connectivity index (χ0v) is 12.1. The third kappa shape index (κ3) is 3.41. The molecule has 2 aromatic carbocycles. The number of fused-ring (bicyclic) bond motifs is 1. The van der Waals surface area contributed by atoms with Gasteiger partial charge in [-0.3, -0.25) is 0 Å². The lowest BCUT2D eigenvalue weighted by molar-refractivity contribution is 0.262. The Hall–Kier alpha value is -2.33. The number of hydrogen-bond acceptors (Lipinski definition) is 2. The molecule has 0 spiro atoms. The van der Waals surface area contributed by atoms with E-state index < -0.39 is 0 Å². The minimum atomic E-state index is -0.220. The van der Waals surface area contributed by atoms with E-state index in [1.54, 1.807) is 0 Å². The van der Waals surface area contributed by atoms with Crippen molar-refractivity contribution >= 4 is 17.4 Å². The largest absolute Gasteiger partial charge is 0.323 e. The number of rotatable bonds is 2. The standard InChI is InChI=1S/C17H19N3O/c1-12-2-5-15(6-3-12)19-17(21)20-16-7-4-13-8-9-18-11-14(13)10-16/h2-7,10,18H,8-9,11H2,1H3,(H2,19,20,21). The number of nitrogens with one attached hydrogen (secondary N) is 3. The first-order chi connectivity index (χ1) is 10.2. The quantitative estimate of drug-likeness (QED) is 0.791. The molecule has 1 heterocycles. The van der Waals surface area contributed by atoms with Crippen molar-refractivity contribution in [2.45, 2.75) is 19.9 Å². The molecule has 0 aliphatic carbocycles. The first-order valence-electron chi connectivity index (χ1n) is 7.18. The zero-order chi connectivity index (χ0) is 14.7. The number of carbonyl (C=O) groups excluding carboxylic acids is 1. The topological polar surface area (TPSA) is 53.2 Å². The highest BCUT2D eigenvalue weighted by molar-refractivity contribution is 5.99. The van der Waals surface area contributed by atoms with Crippen LogP contribution in [0.25, 0.3) is 0 Å². The summed E-state index contributed by atoms with van der Waals surface area (Å²) in [7, 11) is 0. The molecule has 4 nitrogen and oxygen atoms in total. The second kappa shape index (κ2) is 5.97. The van der Waals surface area contributed by atoms with Crippen molar-refractivity contribution < 1.29 is 4.79 Å². The average Bonchev–Trinajstić information content (AvgIpc) is 2.49. The Morgan fingerprint density at radius 3 is 2.52 bits per heavy atom. The predicted octanol–water partition coefficient (Wildman–Crippen LogP) is 3.28. The summed E-state index contributed by atoms with van der Waals surface area (Å²) in [6.07, 6.45) is 1.05. The van der Waals surface area contributed by atoms with Crippen molar-refractivity contribution in [1.29, 1.82) is 0 Å². The summed E-state index contributed by atoms with van der Waals surface area (Å²) in [6, 6.07) is 13.6. The van der Waals surface area contributed by atoms with Crippen molar-refractivity contribution in [1.82, 2.24) is 5.32 Å². The number of amides is 2. The third-order valence-electron chi connectivity index (χ3n) is 3.66. The summed E-state index contributed by atoms with van der Waals surface area (Å²) < 4.78 is 0. The molecule has 0 unspecified atom stereocenters. The van der Waals surface area contributed by atoms with Crippen LogP contribution in [-0.2, 0) is 13.0 Å². The first kappa shape index (κ1) is 13.6. The molecule has 0 aromatic heterocycles. The molecule has 1 aliphatic rings. The highest BCUT2D eigenvalue weighted by atomic mass is 16.2. The van der Waals surface area contributed by atoms with Gasteiger partial charge in [0.1, 0.15) is 0 Å². The van der Waals surface area contributed by atoms with Gasteiger partial charge in [-0.15, -0.1) is 0 Å². The van der Waals surface area contributed by atoms with Crippen LogP contribution in [0, 0.1) is 6.92 Å². The molecule has 1 aliphatic heterocycles. The fraction of sp³-hybridized carbons (Fsp3) is 0.235. The van der Waals surface area contributed by atoms with E-state index in [0.29, 0.717) is 0 Å². The molecule has 3 N–H and O–H groups in total. The van der Waals surface area contributed by atoms with Gasteiger partial charge in [0.2, 0.25) is 0 Å². The van der Waals surface area contributed by atoms with Gasteiger partial charge >= 0.3 is 6.03 Å². The molecule has 3 rings (SSSR count). The SMILES string of the molecule is Cc1ccc(NC(=O)Nc2ccc3c(c2)CNCC3)cc1. The monoisotopic (exact) mass is 281 g/mol. The summed E-state index contributed by atoms with van der Waals surface area (Å²) in [5, 5.41) is 9.05. The molecule has 2 aromatic rings. The Morgan fingerprint density at radius 2 is 1.71 bits per heavy atom. The van der Waals surface area contributed by atoms with Crippen LogP contribution in [0.4, 0.5) is 16.2 Å². The lowest BCUT2D eigenvalue weighted by Crippen LogP contribution is -2.24. The Kier molecular flexibility index (Phi) is 3.88. The molecular weight excluding hydrogens is 262 g/mol. The highest BCUT2D eigenvalue weighted by Crippen LogP contribution is 2.19. The van der Waals surface area contributed by atoms with E-state index in [0.717, 1.165) is 30.9 Å². The van der Waals surface area contributed by atoms with Gasteiger partial charge in [0.15, 0.2) is 0 Å². The summed E-state index contributed by atoms with van der Waals surface area (Å²) in [4.78, 5) is 12.0. The van der Waals surface area contributed by atoms with E-state index in [-0.39, 0.29) is 6.03 Å². The Morgan fingerprint density at radius 1 is 1.00 bits per heavy atom. The van der Waals surface area contributed by atoms with Crippen molar-refractivity contribution in [3.8, 4) is 0 Å². The van der Waals surface area contributed by atoms with Crippen LogP contribution >= 0.6 is 0 Å². The Balaban J connectivity index is 1.65. The number of anilines is 2. The van der Waals surface area contributed by atoms with Crippen LogP contribution in [0.15, 0.2) is 42.5 Å². The van der Waals surface area contributed by atoms with Crippen LogP contribution < -0.4 is 16.0 Å². The normalized spacial score (nSPS) is 13.4. The minimum absolute atomic E-state index is 0.220. The second-order valence-electron chi connectivity index (χ2n) is 5.36. The maximum Gasteiger partial charge on any atom is 0.323 e. The van der Waals surface area contributed by atoms with Gasteiger partial charge in [-0.25, -0.2) is 4.79 Å². The molecule has 2 amide bonds. The molecule has 0 fully saturated rings. The second-order valence-corrected chi connectivity index (χ2v) is 5.36. The van der Waals surface area contributed by atoms with Crippen molar-refractivity contribution in [2.24, 2.45) is 0 Å². The molecule has 0 bridgehead atoms. The number of urea groups is 1. The Bertz CT molecular complexity index is 650. The van der Waals surface area contributed by atoms with Gasteiger partial charge in [-0.05, 0) is 55.3 Å². The van der Waals surface area contributed by atoms with Crippen LogP contribution in [0.2, 0.25) is 0 Å². The summed E-state index contributed by atoms with van der Waals surface area (Å²) in [6.45, 7) is 3.91. The van der Waals surface area contributed by atoms with Crippen LogP contribution in [-0.4, -0.2) is 12.6 Å². The van der Waals surface area contributed by atoms with Gasteiger partial charge in [0, 0.05) is 17.9 Å². The van der Waals surface area contributed by atoms with E-state index >= 15 is 0 Å². The minimum Gasteiger partial charge on any atom is -0.312 e. The fourth-order valence-electron chi connectivity index (χ4n) is 2.49. The van der Waals surface area contributed by atoms with Gasteiger partial charge in [0.25, 0.3) is 0 Å². The third-order valence-corrected chi connectivity index (χ3v) is 3.66. The van der Waals surface area contributed by atoms with Crippen molar-refractivity contribution in [3.05, 3.63) is 59.2 Å². The van der Waals surface area contributed by atoms with Crippen LogP contribution in [0.3, 0.4) is 0 Å². The van der Waals surface area contributed by atoms with Gasteiger partial charge < -0.3 is 16.0 Å². The summed E-state index contributed by atoms with van der Waals surface area (Å²) in [5.41, 5.74) is 5.40. The number of carbonyl (C=O) groups is 1. The van der Waals surface area contributed by atoms with Crippen LogP contribution in [0.5, 0.6) is 0 Å². The van der Waals surface area contributed by atoms with Gasteiger partial charge in [0.05, 0.1) is 0 Å². The molecule has 0 saturated carbocycles. The fourth-order valence-corrected chi connectivity index (χ4v) is 2.49. The molecule has 4 heteroatoms. The smallest absolute Gasteiger partial charge is 0.312 e. The lowest BCUT2D eigenvalue weighted by Gasteiger charge is -2.18. The summed E-state index contributed by atoms with van der Waals surface area (Å²) >= 11 is 0. The van der Waals surface area contributed by atoms with E-state index in [4.69, 9.17) is 0 Å². The number of hydrogen-bond donors (Lipinski definition) is 3. The number of aryl methyl sites for hydroxylation is 1. The molecule has 0 atom stereocenters. The molecule has 21 heavy (non-hydrogen) atoms. The van der Waals surface area contributed by atoms with E-state index in [1.165, 1.54) is 16.7 Å². The molecule has 108 valence electrons. The summed E-state index contributed by atoms with van der Waals surface area (Å²) in [5.74, 6) is 0. The lowest BCUT2D eigenvalue weighted by atomic mass is 10.0. The molecule has 0 radical (unpaired) electrons. The zero-order valence-electron chi connectivity index (χ0n) is 12.1. The maximum atomic E-state index is 12.0. The van der Waals surface area contributed by atoms with Crippen molar-refractivity contribution in [3.63, 3.8) is 0 Å². The van der Waals surface area contributed by atoms with E-state index in [2.05, 4.69) is 22.0 Å². The van der Waals surface area contributed by atoms with E-state index in [9.17, 15) is 4.79 Å². The van der Waals surface area contributed by atoms with E-state index in [1.807, 2.05) is 43.3 Å². The molecule has 0 saturated heterocycles. The average molecular weight is 281 g/mol. The molecular formula is C17H19N3O. The van der Waals surface area contributed by atoms with Gasteiger partial charge in [-0.1, -0.05) is 23.8 Å². The first-order valence-corrected chi connectivity index (χ1v) is 7.18. The van der Waals surface area contributed by atoms with Crippen molar-refractivity contribution in [2.75, 3.05) is 17.2 Å². The van der Waals surface area contributed by atoms with Gasteiger partial charge in [-0.2, -0.15) is 0 Å². The van der Waals surface area contributed by atoms with Crippen LogP contribution in [0.1, 0.15) is 16.7 Å². The maximum absolute atomic E-state index is 12.0. The number of benzene rings is 2. The highest BCUT2D eigenvalue weighted by Gasteiger charge is 2.10.